The van der Waals surface area contributed by atoms with Gasteiger partial charge in [-0.25, -0.2) is 9.97 Å². The third-order valence-corrected chi connectivity index (χ3v) is 4.29. The van der Waals surface area contributed by atoms with Crippen LogP contribution in [0.15, 0.2) is 41.8 Å². The van der Waals surface area contributed by atoms with E-state index >= 15 is 0 Å². The minimum absolute atomic E-state index is 0.0987. The molecule has 1 aliphatic heterocycles. The Morgan fingerprint density at radius 3 is 2.83 bits per heavy atom. The molecule has 0 aromatic carbocycles. The van der Waals surface area contributed by atoms with E-state index in [-0.39, 0.29) is 5.91 Å². The Hall–Kier alpha value is -2.19. The van der Waals surface area contributed by atoms with E-state index in [0.717, 1.165) is 23.8 Å². The Bertz CT molecular complexity index is 649. The average molecular weight is 331 g/mol. The van der Waals surface area contributed by atoms with E-state index < -0.39 is 0 Å². The highest BCUT2D eigenvalue weighted by atomic mass is 32.2. The van der Waals surface area contributed by atoms with Crippen molar-refractivity contribution in [1.29, 1.82) is 0 Å². The van der Waals surface area contributed by atoms with Gasteiger partial charge in [0.15, 0.2) is 0 Å². The smallest absolute Gasteiger partial charge is 0.235 e. The van der Waals surface area contributed by atoms with Crippen LogP contribution in [0.5, 0.6) is 0 Å². The lowest BCUT2D eigenvalue weighted by molar-refractivity contribution is -0.113. The number of aromatic nitrogens is 3. The first-order chi connectivity index (χ1) is 11.3. The van der Waals surface area contributed by atoms with Gasteiger partial charge in [0.2, 0.25) is 5.91 Å². The first-order valence-corrected chi connectivity index (χ1v) is 8.27. The van der Waals surface area contributed by atoms with E-state index in [1.165, 1.54) is 18.1 Å². The van der Waals surface area contributed by atoms with Gasteiger partial charge in [0, 0.05) is 36.4 Å². The Balaban J connectivity index is 1.55. The largest absolute Gasteiger partial charge is 0.378 e. The lowest BCUT2D eigenvalue weighted by Crippen LogP contribution is -2.36. The molecule has 3 heterocycles. The Labute approximate surface area is 138 Å². The quantitative estimate of drug-likeness (QED) is 0.830. The Morgan fingerprint density at radius 2 is 2.04 bits per heavy atom. The first kappa shape index (κ1) is 15.7. The lowest BCUT2D eigenvalue weighted by Gasteiger charge is -2.27. The maximum absolute atomic E-state index is 12.0. The molecule has 8 heteroatoms. The molecule has 0 bridgehead atoms. The van der Waals surface area contributed by atoms with Gasteiger partial charge < -0.3 is 15.0 Å². The van der Waals surface area contributed by atoms with Gasteiger partial charge >= 0.3 is 0 Å². The monoisotopic (exact) mass is 331 g/mol. The second-order valence-electron chi connectivity index (χ2n) is 4.88. The molecule has 0 unspecified atom stereocenters. The van der Waals surface area contributed by atoms with Crippen molar-refractivity contribution < 1.29 is 9.53 Å². The summed E-state index contributed by atoms with van der Waals surface area (Å²) in [6.07, 6.45) is 4.88. The van der Waals surface area contributed by atoms with Gasteiger partial charge in [-0.3, -0.25) is 9.78 Å². The maximum Gasteiger partial charge on any atom is 0.235 e. The second-order valence-corrected chi connectivity index (χ2v) is 5.93. The van der Waals surface area contributed by atoms with Crippen molar-refractivity contribution in [2.45, 2.75) is 4.90 Å². The van der Waals surface area contributed by atoms with Crippen LogP contribution in [0.25, 0.3) is 0 Å². The van der Waals surface area contributed by atoms with E-state index in [9.17, 15) is 4.79 Å². The molecular formula is C15H17N5O2S. The molecule has 23 heavy (non-hydrogen) atoms. The molecule has 7 nitrogen and oxygen atoms in total. The number of rotatable bonds is 5. The minimum Gasteiger partial charge on any atom is -0.378 e. The van der Waals surface area contributed by atoms with E-state index in [1.54, 1.807) is 18.5 Å². The van der Waals surface area contributed by atoms with Gasteiger partial charge in [0.05, 0.1) is 19.0 Å². The van der Waals surface area contributed by atoms with Gasteiger partial charge in [-0.05, 0) is 12.1 Å². The molecule has 0 atom stereocenters. The van der Waals surface area contributed by atoms with Crippen LogP contribution in [0.1, 0.15) is 0 Å². The number of hydrogen-bond acceptors (Lipinski definition) is 7. The zero-order valence-electron chi connectivity index (χ0n) is 12.5. The fourth-order valence-electron chi connectivity index (χ4n) is 2.14. The number of nitrogens with one attached hydrogen (secondary N) is 1. The van der Waals surface area contributed by atoms with E-state index in [1.807, 2.05) is 12.1 Å². The summed E-state index contributed by atoms with van der Waals surface area (Å²) in [4.78, 5) is 27.5. The fraction of sp³-hybridized carbons (Fsp3) is 0.333. The van der Waals surface area contributed by atoms with Crippen LogP contribution in [0, 0.1) is 0 Å². The molecule has 2 aromatic rings. The number of thioether (sulfide) groups is 1. The zero-order chi connectivity index (χ0) is 15.9. The summed E-state index contributed by atoms with van der Waals surface area (Å²) in [7, 11) is 0. The highest BCUT2D eigenvalue weighted by Gasteiger charge is 2.13. The van der Waals surface area contributed by atoms with Crippen LogP contribution < -0.4 is 10.2 Å². The van der Waals surface area contributed by atoms with Gasteiger partial charge in [0.1, 0.15) is 18.0 Å². The van der Waals surface area contributed by atoms with E-state index in [2.05, 4.69) is 25.2 Å². The van der Waals surface area contributed by atoms with Crippen LogP contribution >= 0.6 is 11.8 Å². The van der Waals surface area contributed by atoms with Crippen LogP contribution in [0.3, 0.4) is 0 Å². The molecule has 1 saturated heterocycles. The molecule has 3 rings (SSSR count). The summed E-state index contributed by atoms with van der Waals surface area (Å²) in [5.41, 5.74) is 0. The molecule has 1 N–H and O–H groups in total. The fourth-order valence-corrected chi connectivity index (χ4v) is 2.83. The highest BCUT2D eigenvalue weighted by Crippen LogP contribution is 2.18. The molecule has 1 aliphatic rings. The molecule has 0 saturated carbocycles. The number of ether oxygens (including phenoxy) is 1. The zero-order valence-corrected chi connectivity index (χ0v) is 13.3. The van der Waals surface area contributed by atoms with Crippen molar-refractivity contribution >= 4 is 29.3 Å². The highest BCUT2D eigenvalue weighted by molar-refractivity contribution is 8.00. The average Bonchev–Trinajstić information content (AvgIpc) is 2.62. The van der Waals surface area contributed by atoms with Gasteiger partial charge in [-0.1, -0.05) is 0 Å². The predicted octanol–water partition coefficient (Wildman–Crippen LogP) is 1.44. The van der Waals surface area contributed by atoms with Crippen LogP contribution in [0.4, 0.5) is 11.6 Å². The van der Waals surface area contributed by atoms with Gasteiger partial charge in [0.25, 0.3) is 0 Å². The van der Waals surface area contributed by atoms with Gasteiger partial charge in [-0.2, -0.15) is 0 Å². The summed E-state index contributed by atoms with van der Waals surface area (Å²) < 4.78 is 5.33. The van der Waals surface area contributed by atoms with E-state index in [0.29, 0.717) is 24.8 Å². The number of hydrogen-bond donors (Lipinski definition) is 1. The summed E-state index contributed by atoms with van der Waals surface area (Å²) in [5, 5.41) is 2.81. The number of morpholine rings is 1. The third kappa shape index (κ3) is 4.64. The Morgan fingerprint density at radius 1 is 1.26 bits per heavy atom. The number of anilines is 2. The molecule has 2 aromatic heterocycles. The van der Waals surface area contributed by atoms with Gasteiger partial charge in [-0.15, -0.1) is 11.8 Å². The molecule has 120 valence electrons. The number of pyridine rings is 1. The third-order valence-electron chi connectivity index (χ3n) is 3.27. The SMILES string of the molecule is O=C(CSc1ccncc1)Nc1cc(N2CCOCC2)ncn1. The normalized spacial score (nSPS) is 14.5. The topological polar surface area (TPSA) is 80.2 Å². The molecule has 1 fully saturated rings. The first-order valence-electron chi connectivity index (χ1n) is 7.29. The summed E-state index contributed by atoms with van der Waals surface area (Å²) in [5.74, 6) is 1.54. The summed E-state index contributed by atoms with van der Waals surface area (Å²) in [6.45, 7) is 2.97. The van der Waals surface area contributed by atoms with Crippen molar-refractivity contribution in [1.82, 2.24) is 15.0 Å². The minimum atomic E-state index is -0.0987. The molecular weight excluding hydrogens is 314 g/mol. The van der Waals surface area contributed by atoms with Crippen molar-refractivity contribution in [2.75, 3.05) is 42.3 Å². The molecule has 1 amide bonds. The van der Waals surface area contributed by atoms with Crippen LogP contribution in [-0.4, -0.2) is 52.9 Å². The van der Waals surface area contributed by atoms with Crippen molar-refractivity contribution in [3.63, 3.8) is 0 Å². The van der Waals surface area contributed by atoms with Crippen molar-refractivity contribution in [2.24, 2.45) is 0 Å². The number of amides is 1. The second kappa shape index (κ2) is 7.89. The van der Waals surface area contributed by atoms with Crippen LogP contribution in [-0.2, 0) is 9.53 Å². The van der Waals surface area contributed by atoms with E-state index in [4.69, 9.17) is 4.74 Å². The predicted molar refractivity (Wildman–Crippen MR) is 88.7 cm³/mol. The Kier molecular flexibility index (Phi) is 5.38. The number of nitrogens with zero attached hydrogens (tertiary/aromatic N) is 4. The summed E-state index contributed by atoms with van der Waals surface area (Å²) in [6, 6.07) is 5.54. The maximum atomic E-state index is 12.0. The molecule has 0 radical (unpaired) electrons. The van der Waals surface area contributed by atoms with Crippen molar-refractivity contribution in [3.05, 3.63) is 36.9 Å². The standard InChI is InChI=1S/C15H17N5O2S/c21-15(10-23-12-1-3-16-4-2-12)19-13-9-14(18-11-17-13)20-5-7-22-8-6-20/h1-4,9,11H,5-8,10H2,(H,17,18,19,21). The molecule has 0 aliphatic carbocycles. The number of carbonyl (C=O) groups excluding carboxylic acids is 1. The summed E-state index contributed by atoms with van der Waals surface area (Å²) >= 11 is 1.46. The number of carbonyl (C=O) groups is 1. The molecule has 0 spiro atoms. The van der Waals surface area contributed by atoms with Crippen LogP contribution in [0.2, 0.25) is 0 Å². The lowest BCUT2D eigenvalue weighted by atomic mass is 10.4. The van der Waals surface area contributed by atoms with Crippen molar-refractivity contribution in [3.8, 4) is 0 Å².